The van der Waals surface area contributed by atoms with Crippen LogP contribution in [-0.4, -0.2) is 35.4 Å². The number of rotatable bonds is 5. The van der Waals surface area contributed by atoms with Crippen molar-refractivity contribution in [2.45, 2.75) is 25.3 Å². The zero-order chi connectivity index (χ0) is 16.9. The Morgan fingerprint density at radius 3 is 2.88 bits per heavy atom. The van der Waals surface area contributed by atoms with Gasteiger partial charge in [-0.05, 0) is 30.4 Å². The van der Waals surface area contributed by atoms with Gasteiger partial charge in [-0.15, -0.1) is 10.2 Å². The summed E-state index contributed by atoms with van der Waals surface area (Å²) >= 11 is 1.23. The Labute approximate surface area is 143 Å². The largest absolute Gasteiger partial charge is 0.381 e. The monoisotopic (exact) mass is 350 g/mol. The third kappa shape index (κ3) is 4.14. The molecule has 24 heavy (non-hydrogen) atoms. The maximum absolute atomic E-state index is 13.7. The molecule has 1 aliphatic heterocycles. The van der Waals surface area contributed by atoms with Crippen LogP contribution in [0, 0.1) is 11.7 Å². The molecular formula is C16H19FN4O2S. The van der Waals surface area contributed by atoms with Crippen molar-refractivity contribution in [3.8, 4) is 0 Å². The van der Waals surface area contributed by atoms with Crippen molar-refractivity contribution < 1.29 is 13.9 Å². The molecule has 0 aliphatic carbocycles. The van der Waals surface area contributed by atoms with Crippen LogP contribution in [0.1, 0.15) is 23.4 Å². The fourth-order valence-electron chi connectivity index (χ4n) is 2.66. The zero-order valence-electron chi connectivity index (χ0n) is 13.1. The first kappa shape index (κ1) is 16.9. The molecular weight excluding hydrogens is 331 g/mol. The van der Waals surface area contributed by atoms with E-state index in [0.717, 1.165) is 12.8 Å². The van der Waals surface area contributed by atoms with Gasteiger partial charge >= 0.3 is 0 Å². The Balaban J connectivity index is 1.59. The van der Waals surface area contributed by atoms with Gasteiger partial charge in [0.05, 0.1) is 6.04 Å². The molecule has 0 bridgehead atoms. The first-order valence-electron chi connectivity index (χ1n) is 7.83. The summed E-state index contributed by atoms with van der Waals surface area (Å²) in [5.74, 6) is -0.431. The maximum Gasteiger partial charge on any atom is 0.243 e. The molecule has 0 spiro atoms. The minimum atomic E-state index is -0.590. The van der Waals surface area contributed by atoms with E-state index < -0.39 is 6.04 Å². The number of nitrogens with two attached hydrogens (primary N) is 1. The van der Waals surface area contributed by atoms with E-state index >= 15 is 0 Å². The average Bonchev–Trinajstić information content (AvgIpc) is 3.04. The van der Waals surface area contributed by atoms with Gasteiger partial charge < -0.3 is 10.5 Å². The van der Waals surface area contributed by atoms with E-state index in [1.165, 1.54) is 17.4 Å². The van der Waals surface area contributed by atoms with Gasteiger partial charge in [0.25, 0.3) is 0 Å². The van der Waals surface area contributed by atoms with Crippen LogP contribution < -0.4 is 11.1 Å². The summed E-state index contributed by atoms with van der Waals surface area (Å²) in [5.41, 5.74) is 6.58. The van der Waals surface area contributed by atoms with E-state index in [-0.39, 0.29) is 17.6 Å². The zero-order valence-corrected chi connectivity index (χ0v) is 13.9. The number of aromatic nitrogens is 2. The number of carbonyl (C=O) groups is 1. The van der Waals surface area contributed by atoms with Crippen LogP contribution in [0.2, 0.25) is 0 Å². The lowest BCUT2D eigenvalue weighted by Crippen LogP contribution is -2.43. The topological polar surface area (TPSA) is 90.1 Å². The molecule has 1 aromatic heterocycles. The van der Waals surface area contributed by atoms with E-state index in [9.17, 15) is 9.18 Å². The predicted octanol–water partition coefficient (Wildman–Crippen LogP) is 1.96. The Hall–Kier alpha value is -1.90. The maximum atomic E-state index is 13.7. The van der Waals surface area contributed by atoms with Crippen molar-refractivity contribution in [1.82, 2.24) is 10.2 Å². The number of halogens is 1. The number of carbonyl (C=O) groups excluding carboxylic acids is 1. The number of hydrogen-bond donors (Lipinski definition) is 2. The minimum absolute atomic E-state index is 0.115. The van der Waals surface area contributed by atoms with E-state index in [4.69, 9.17) is 10.5 Å². The van der Waals surface area contributed by atoms with Gasteiger partial charge in [0.2, 0.25) is 11.0 Å². The molecule has 128 valence electrons. The van der Waals surface area contributed by atoms with Crippen molar-refractivity contribution in [2.75, 3.05) is 18.5 Å². The lowest BCUT2D eigenvalue weighted by Gasteiger charge is -2.26. The predicted molar refractivity (Wildman–Crippen MR) is 89.3 cm³/mol. The summed E-state index contributed by atoms with van der Waals surface area (Å²) in [6.45, 7) is 1.27. The number of amides is 1. The molecule has 8 heteroatoms. The highest BCUT2D eigenvalue weighted by Gasteiger charge is 2.27. The van der Waals surface area contributed by atoms with Crippen molar-refractivity contribution in [2.24, 2.45) is 11.7 Å². The molecule has 1 aliphatic rings. The molecule has 1 saturated heterocycles. The fraction of sp³-hybridized carbons (Fsp3) is 0.438. The highest BCUT2D eigenvalue weighted by molar-refractivity contribution is 7.15. The quantitative estimate of drug-likeness (QED) is 0.860. The molecule has 1 fully saturated rings. The van der Waals surface area contributed by atoms with Gasteiger partial charge in [0, 0.05) is 19.6 Å². The van der Waals surface area contributed by atoms with E-state index in [1.807, 2.05) is 0 Å². The third-order valence-electron chi connectivity index (χ3n) is 4.07. The van der Waals surface area contributed by atoms with Crippen LogP contribution in [0.15, 0.2) is 24.3 Å². The molecule has 6 nitrogen and oxygen atoms in total. The summed E-state index contributed by atoms with van der Waals surface area (Å²) in [4.78, 5) is 12.2. The molecule has 1 amide bonds. The molecule has 1 atom stereocenters. The van der Waals surface area contributed by atoms with Gasteiger partial charge in [-0.1, -0.05) is 29.5 Å². The van der Waals surface area contributed by atoms with E-state index in [0.29, 0.717) is 35.3 Å². The number of anilines is 1. The smallest absolute Gasteiger partial charge is 0.243 e. The number of ether oxygens (including phenoxy) is 1. The summed E-state index contributed by atoms with van der Waals surface area (Å²) < 4.78 is 18.9. The molecule has 2 heterocycles. The number of nitrogens with zero attached hydrogens (tertiary/aromatic N) is 2. The third-order valence-corrected chi connectivity index (χ3v) is 4.91. The Morgan fingerprint density at radius 2 is 2.12 bits per heavy atom. The highest BCUT2D eigenvalue weighted by Crippen LogP contribution is 2.22. The molecule has 0 radical (unpaired) electrons. The van der Waals surface area contributed by atoms with Crippen molar-refractivity contribution in [3.05, 3.63) is 40.7 Å². The Bertz CT molecular complexity index is 703. The SMILES string of the molecule is NC(C(=O)Nc1nnc(Cc2ccccc2F)s1)C1CCOCC1. The van der Waals surface area contributed by atoms with Gasteiger partial charge in [0.15, 0.2) is 0 Å². The average molecular weight is 350 g/mol. The van der Waals surface area contributed by atoms with Crippen molar-refractivity contribution in [1.29, 1.82) is 0 Å². The van der Waals surface area contributed by atoms with Crippen LogP contribution in [0.5, 0.6) is 0 Å². The van der Waals surface area contributed by atoms with Crippen LogP contribution in [-0.2, 0) is 16.0 Å². The second kappa shape index (κ2) is 7.78. The van der Waals surface area contributed by atoms with Crippen molar-refractivity contribution in [3.63, 3.8) is 0 Å². The molecule has 0 saturated carbocycles. The van der Waals surface area contributed by atoms with E-state index in [2.05, 4.69) is 15.5 Å². The van der Waals surface area contributed by atoms with Crippen LogP contribution in [0.3, 0.4) is 0 Å². The van der Waals surface area contributed by atoms with Crippen LogP contribution in [0.25, 0.3) is 0 Å². The molecule has 1 unspecified atom stereocenters. The van der Waals surface area contributed by atoms with Gasteiger partial charge in [-0.2, -0.15) is 0 Å². The van der Waals surface area contributed by atoms with Gasteiger partial charge in [-0.25, -0.2) is 4.39 Å². The first-order chi connectivity index (χ1) is 11.6. The molecule has 3 N–H and O–H groups in total. The number of nitrogens with one attached hydrogen (secondary N) is 1. The van der Waals surface area contributed by atoms with Crippen LogP contribution in [0.4, 0.5) is 9.52 Å². The second-order valence-corrected chi connectivity index (χ2v) is 6.80. The van der Waals surface area contributed by atoms with Crippen LogP contribution >= 0.6 is 11.3 Å². The second-order valence-electron chi connectivity index (χ2n) is 5.73. The summed E-state index contributed by atoms with van der Waals surface area (Å²) in [5, 5.41) is 11.7. The van der Waals surface area contributed by atoms with Gasteiger partial charge in [-0.3, -0.25) is 10.1 Å². The Kier molecular flexibility index (Phi) is 5.49. The molecule has 2 aromatic rings. The van der Waals surface area contributed by atoms with Crippen molar-refractivity contribution >= 4 is 22.4 Å². The summed E-state index contributed by atoms with van der Waals surface area (Å²) in [7, 11) is 0. The number of benzene rings is 1. The summed E-state index contributed by atoms with van der Waals surface area (Å²) in [6, 6.07) is 5.94. The molecule has 3 rings (SSSR count). The van der Waals surface area contributed by atoms with E-state index in [1.54, 1.807) is 18.2 Å². The lowest BCUT2D eigenvalue weighted by atomic mass is 9.92. The standard InChI is InChI=1S/C16H19FN4O2S/c17-12-4-2-1-3-11(12)9-13-20-21-16(24-13)19-15(22)14(18)10-5-7-23-8-6-10/h1-4,10,14H,5-9,18H2,(H,19,21,22). The first-order valence-corrected chi connectivity index (χ1v) is 8.65. The number of hydrogen-bond acceptors (Lipinski definition) is 6. The Morgan fingerprint density at radius 1 is 1.38 bits per heavy atom. The summed E-state index contributed by atoms with van der Waals surface area (Å²) in [6.07, 6.45) is 1.90. The minimum Gasteiger partial charge on any atom is -0.381 e. The fourth-order valence-corrected chi connectivity index (χ4v) is 3.42. The normalized spacial score (nSPS) is 16.8. The van der Waals surface area contributed by atoms with Gasteiger partial charge in [0.1, 0.15) is 10.8 Å². The lowest BCUT2D eigenvalue weighted by molar-refractivity contribution is -0.119. The molecule has 1 aromatic carbocycles. The highest BCUT2D eigenvalue weighted by atomic mass is 32.1.